The van der Waals surface area contributed by atoms with E-state index in [1.165, 1.54) is 218 Å². The number of allylic oxidation sites excluding steroid dienone is 10. The van der Waals surface area contributed by atoms with Crippen LogP contribution in [0.2, 0.25) is 0 Å². The minimum absolute atomic E-state index is 0.0663. The molecule has 5 heteroatoms. The Morgan fingerprint density at radius 2 is 0.623 bits per heavy atom. The van der Waals surface area contributed by atoms with E-state index in [9.17, 15) is 14.7 Å². The lowest BCUT2D eigenvalue weighted by Crippen LogP contribution is -2.28. The second-order valence-corrected chi connectivity index (χ2v) is 20.4. The average Bonchev–Trinajstić information content (AvgIpc) is 3.35. The van der Waals surface area contributed by atoms with E-state index in [2.05, 4.69) is 74.6 Å². The molecular weight excluding hydrogens is 849 g/mol. The Kier molecular flexibility index (Phi) is 57.8. The molecule has 0 rings (SSSR count). The average molecular weight is 966 g/mol. The third kappa shape index (κ3) is 58.1. The largest absolute Gasteiger partial charge is 0.462 e. The second-order valence-electron chi connectivity index (χ2n) is 20.4. The van der Waals surface area contributed by atoms with Crippen molar-refractivity contribution in [1.82, 2.24) is 0 Å². The number of carbonyl (C=O) groups excluding carboxylic acids is 2. The number of rotatable bonds is 56. The zero-order valence-corrected chi connectivity index (χ0v) is 46.1. The molecule has 1 N–H and O–H groups in total. The molecule has 0 aliphatic heterocycles. The van der Waals surface area contributed by atoms with Crippen LogP contribution in [0.25, 0.3) is 0 Å². The highest BCUT2D eigenvalue weighted by molar-refractivity contribution is 5.70. The van der Waals surface area contributed by atoms with Gasteiger partial charge in [-0.1, -0.05) is 286 Å². The molecule has 0 amide bonds. The van der Waals surface area contributed by atoms with Gasteiger partial charge in [0, 0.05) is 12.8 Å². The van der Waals surface area contributed by atoms with Crippen molar-refractivity contribution >= 4 is 11.9 Å². The zero-order valence-electron chi connectivity index (χ0n) is 46.1. The summed E-state index contributed by atoms with van der Waals surface area (Å²) in [4.78, 5) is 24.4. The molecular formula is C64H116O5. The lowest BCUT2D eigenvalue weighted by atomic mass is 10.0. The number of aliphatic hydroxyl groups excluding tert-OH is 1. The molecule has 0 saturated carbocycles. The molecule has 0 saturated heterocycles. The highest BCUT2D eigenvalue weighted by Gasteiger charge is 2.16. The van der Waals surface area contributed by atoms with Gasteiger partial charge in [-0.2, -0.15) is 0 Å². The lowest BCUT2D eigenvalue weighted by molar-refractivity contribution is -0.161. The maximum atomic E-state index is 12.3. The number of carbonyl (C=O) groups is 2. The van der Waals surface area contributed by atoms with E-state index in [4.69, 9.17) is 9.47 Å². The van der Waals surface area contributed by atoms with Gasteiger partial charge in [-0.05, 0) is 77.0 Å². The number of unbranched alkanes of at least 4 members (excludes halogenated alkanes) is 38. The van der Waals surface area contributed by atoms with Gasteiger partial charge in [0.1, 0.15) is 6.61 Å². The van der Waals surface area contributed by atoms with Crippen molar-refractivity contribution in [3.63, 3.8) is 0 Å². The maximum Gasteiger partial charge on any atom is 0.306 e. The van der Waals surface area contributed by atoms with Gasteiger partial charge in [-0.3, -0.25) is 9.59 Å². The smallest absolute Gasteiger partial charge is 0.306 e. The van der Waals surface area contributed by atoms with Crippen molar-refractivity contribution in [3.8, 4) is 0 Å². The number of aliphatic hydroxyl groups is 1. The van der Waals surface area contributed by atoms with Crippen molar-refractivity contribution in [1.29, 1.82) is 0 Å². The van der Waals surface area contributed by atoms with E-state index >= 15 is 0 Å². The fourth-order valence-electron chi connectivity index (χ4n) is 9.02. The summed E-state index contributed by atoms with van der Waals surface area (Å²) in [5.74, 6) is -0.587. The quantitative estimate of drug-likeness (QED) is 0.0373. The van der Waals surface area contributed by atoms with Crippen LogP contribution in [0.3, 0.4) is 0 Å². The Labute approximate surface area is 430 Å². The van der Waals surface area contributed by atoms with Crippen LogP contribution in [-0.4, -0.2) is 36.4 Å². The van der Waals surface area contributed by atoms with Gasteiger partial charge >= 0.3 is 11.9 Å². The molecule has 0 heterocycles. The molecule has 0 radical (unpaired) electrons. The monoisotopic (exact) mass is 965 g/mol. The third-order valence-corrected chi connectivity index (χ3v) is 13.5. The molecule has 0 spiro atoms. The molecule has 1 atom stereocenters. The van der Waals surface area contributed by atoms with Gasteiger partial charge in [0.15, 0.2) is 6.10 Å². The minimum Gasteiger partial charge on any atom is -0.462 e. The fourth-order valence-corrected chi connectivity index (χ4v) is 9.02. The third-order valence-electron chi connectivity index (χ3n) is 13.5. The second kappa shape index (κ2) is 59.9. The summed E-state index contributed by atoms with van der Waals surface area (Å²) in [6.45, 7) is 4.04. The van der Waals surface area contributed by atoms with Crippen LogP contribution in [0, 0.1) is 0 Å². The predicted octanol–water partition coefficient (Wildman–Crippen LogP) is 20.6. The van der Waals surface area contributed by atoms with E-state index in [-0.39, 0.29) is 25.2 Å². The summed E-state index contributed by atoms with van der Waals surface area (Å²) in [6.07, 6.45) is 81.0. The molecule has 0 aliphatic rings. The lowest BCUT2D eigenvalue weighted by Gasteiger charge is -2.15. The molecule has 0 fully saturated rings. The van der Waals surface area contributed by atoms with Crippen LogP contribution < -0.4 is 0 Å². The van der Waals surface area contributed by atoms with E-state index in [0.29, 0.717) is 12.8 Å². The maximum absolute atomic E-state index is 12.3. The zero-order chi connectivity index (χ0) is 49.9. The Balaban J connectivity index is 3.36. The minimum atomic E-state index is -0.773. The molecule has 69 heavy (non-hydrogen) atoms. The Morgan fingerprint density at radius 1 is 0.348 bits per heavy atom. The van der Waals surface area contributed by atoms with E-state index in [0.717, 1.165) is 70.6 Å². The molecule has 0 bridgehead atoms. The molecule has 5 nitrogen and oxygen atoms in total. The van der Waals surface area contributed by atoms with Crippen molar-refractivity contribution in [2.75, 3.05) is 13.2 Å². The van der Waals surface area contributed by atoms with Crippen LogP contribution in [0.4, 0.5) is 0 Å². The summed E-state index contributed by atoms with van der Waals surface area (Å²) in [5.41, 5.74) is 0. The Hall–Kier alpha value is -2.40. The van der Waals surface area contributed by atoms with E-state index < -0.39 is 6.10 Å². The van der Waals surface area contributed by atoms with Crippen LogP contribution in [0.5, 0.6) is 0 Å². The molecule has 0 aromatic rings. The fraction of sp³-hybridized carbons (Fsp3) is 0.812. The summed E-state index contributed by atoms with van der Waals surface area (Å²) >= 11 is 0. The van der Waals surface area contributed by atoms with Crippen molar-refractivity contribution in [2.24, 2.45) is 0 Å². The van der Waals surface area contributed by atoms with Crippen molar-refractivity contribution < 1.29 is 24.2 Å². The van der Waals surface area contributed by atoms with Crippen molar-refractivity contribution in [2.45, 2.75) is 322 Å². The van der Waals surface area contributed by atoms with Gasteiger partial charge < -0.3 is 14.6 Å². The van der Waals surface area contributed by atoms with Gasteiger partial charge in [-0.25, -0.2) is 0 Å². The molecule has 402 valence electrons. The normalized spacial score (nSPS) is 12.6. The van der Waals surface area contributed by atoms with Gasteiger partial charge in [0.05, 0.1) is 6.61 Å². The van der Waals surface area contributed by atoms with Gasteiger partial charge in [0.2, 0.25) is 0 Å². The first-order valence-electron chi connectivity index (χ1n) is 30.3. The first-order valence-corrected chi connectivity index (χ1v) is 30.3. The van der Waals surface area contributed by atoms with Crippen LogP contribution >= 0.6 is 0 Å². The van der Waals surface area contributed by atoms with E-state index in [1.807, 2.05) is 0 Å². The van der Waals surface area contributed by atoms with E-state index in [1.54, 1.807) is 0 Å². The first kappa shape index (κ1) is 66.6. The molecule has 1 unspecified atom stereocenters. The van der Waals surface area contributed by atoms with Crippen molar-refractivity contribution in [3.05, 3.63) is 60.8 Å². The van der Waals surface area contributed by atoms with Gasteiger partial charge in [-0.15, -0.1) is 0 Å². The van der Waals surface area contributed by atoms with Crippen LogP contribution in [0.1, 0.15) is 316 Å². The SMILES string of the molecule is CC/C=C\C/C=C\C/C=C\C/C=C\CCCCCCCCCCCCCCCCCCCCCCCCCCCCCCC(=O)OC(CO)COC(=O)CCCCCCC/C=C\CCCCCCC. The highest BCUT2D eigenvalue weighted by Crippen LogP contribution is 2.18. The number of hydrogen-bond acceptors (Lipinski definition) is 5. The molecule has 0 aromatic carbocycles. The first-order chi connectivity index (χ1) is 34.1. The number of esters is 2. The number of ether oxygens (including phenoxy) is 2. The number of hydrogen-bond donors (Lipinski definition) is 1. The standard InChI is InChI=1S/C64H116O5/c1-3-5-7-9-11-13-15-17-19-20-21-22-23-24-25-26-27-28-29-30-31-32-33-34-35-36-37-38-39-40-41-42-43-44-45-47-49-51-53-55-57-59-64(67)69-62(60-65)61-68-63(66)58-56-54-52-50-48-46-18-16-14-12-10-8-6-4-2/h5,7,11,13,16-19,21-22,62,65H,3-4,6,8-10,12,14-15,20,23-61H2,1-2H3/b7-5-,13-11-,18-16-,19-17-,22-21-. The summed E-state index contributed by atoms with van der Waals surface area (Å²) < 4.78 is 10.7. The summed E-state index contributed by atoms with van der Waals surface area (Å²) in [7, 11) is 0. The van der Waals surface area contributed by atoms with Crippen LogP contribution in [-0.2, 0) is 19.1 Å². The molecule has 0 aromatic heterocycles. The topological polar surface area (TPSA) is 72.8 Å². The highest BCUT2D eigenvalue weighted by atomic mass is 16.6. The van der Waals surface area contributed by atoms with Gasteiger partial charge in [0.25, 0.3) is 0 Å². The summed E-state index contributed by atoms with van der Waals surface area (Å²) in [6, 6.07) is 0. The predicted molar refractivity (Wildman–Crippen MR) is 302 cm³/mol. The Bertz CT molecular complexity index is 1180. The Morgan fingerprint density at radius 3 is 0.957 bits per heavy atom. The summed E-state index contributed by atoms with van der Waals surface area (Å²) in [5, 5.41) is 9.63. The van der Waals surface area contributed by atoms with Crippen LogP contribution in [0.15, 0.2) is 60.8 Å². The molecule has 0 aliphatic carbocycles.